The van der Waals surface area contributed by atoms with Crippen molar-refractivity contribution < 1.29 is 24.2 Å². The molecule has 0 aromatic rings. The highest BCUT2D eigenvalue weighted by Gasteiger charge is 2.24. The maximum atomic E-state index is 11.6. The predicted molar refractivity (Wildman–Crippen MR) is 86.0 cm³/mol. The molecule has 0 radical (unpaired) electrons. The quantitative estimate of drug-likeness (QED) is 0.418. The lowest BCUT2D eigenvalue weighted by Gasteiger charge is -2.19. The molecule has 2 atom stereocenters. The molecule has 0 aromatic heterocycles. The van der Waals surface area contributed by atoms with Crippen LogP contribution in [0.5, 0.6) is 0 Å². The van der Waals surface area contributed by atoms with E-state index in [0.717, 1.165) is 32.1 Å². The lowest BCUT2D eigenvalue weighted by atomic mass is 10.0. The van der Waals surface area contributed by atoms with Crippen LogP contribution in [0.1, 0.15) is 65.2 Å². The van der Waals surface area contributed by atoms with E-state index >= 15 is 0 Å². The largest absolute Gasteiger partial charge is 0.481 e. The highest BCUT2D eigenvalue weighted by molar-refractivity contribution is 5.87. The Labute approximate surface area is 138 Å². The van der Waals surface area contributed by atoms with E-state index in [1.54, 1.807) is 6.92 Å². The second-order valence-electron chi connectivity index (χ2n) is 5.25. The smallest absolute Gasteiger partial charge is 0.306 e. The molecule has 0 aliphatic rings. The van der Waals surface area contributed by atoms with Gasteiger partial charge in [-0.2, -0.15) is 0 Å². The summed E-state index contributed by atoms with van der Waals surface area (Å²) in [4.78, 5) is 33.6. The van der Waals surface area contributed by atoms with Crippen LogP contribution in [0, 0.1) is 0 Å². The van der Waals surface area contributed by atoms with Gasteiger partial charge in [-0.3, -0.25) is 14.4 Å². The van der Waals surface area contributed by atoms with E-state index in [9.17, 15) is 14.4 Å². The van der Waals surface area contributed by atoms with Gasteiger partial charge in [-0.25, -0.2) is 0 Å². The molecule has 0 bridgehead atoms. The van der Waals surface area contributed by atoms with Gasteiger partial charge in [0, 0.05) is 12.8 Å². The number of hydrogen-bond acceptors (Lipinski definition) is 5. The Bertz CT molecular complexity index is 349. The molecule has 0 aliphatic heterocycles. The van der Waals surface area contributed by atoms with Gasteiger partial charge in [-0.05, 0) is 13.3 Å². The minimum atomic E-state index is -1.05. The summed E-state index contributed by atoms with van der Waals surface area (Å²) in [5.41, 5.74) is 5.67. The van der Waals surface area contributed by atoms with Gasteiger partial charge in [0.1, 0.15) is 12.1 Å². The number of carboxylic acid groups (broad SMARTS) is 1. The number of ketones is 1. The number of nitrogens with two attached hydrogens (primary N) is 1. The van der Waals surface area contributed by atoms with Crippen LogP contribution in [0.4, 0.5) is 0 Å². The lowest BCUT2D eigenvalue weighted by Crippen LogP contribution is -2.42. The van der Waals surface area contributed by atoms with Gasteiger partial charge in [-0.1, -0.05) is 32.6 Å². The van der Waals surface area contributed by atoms with E-state index in [-0.39, 0.29) is 31.2 Å². The average Bonchev–Trinajstić information content (AvgIpc) is 2.43. The van der Waals surface area contributed by atoms with Gasteiger partial charge in [0.2, 0.25) is 0 Å². The molecule has 0 spiro atoms. The Balaban J connectivity index is 0. The fourth-order valence-electron chi connectivity index (χ4n) is 1.87. The van der Waals surface area contributed by atoms with Crippen molar-refractivity contribution in [3.63, 3.8) is 0 Å². The third-order valence-corrected chi connectivity index (χ3v) is 3.26. The minimum Gasteiger partial charge on any atom is -0.481 e. The Kier molecular flexibility index (Phi) is 14.2. The van der Waals surface area contributed by atoms with Crippen molar-refractivity contribution in [2.24, 2.45) is 5.73 Å². The summed E-state index contributed by atoms with van der Waals surface area (Å²) in [6.07, 6.45) is 4.36. The van der Waals surface area contributed by atoms with Gasteiger partial charge in [0.25, 0.3) is 0 Å². The van der Waals surface area contributed by atoms with Crippen molar-refractivity contribution in [2.45, 2.75) is 77.4 Å². The highest BCUT2D eigenvalue weighted by Crippen LogP contribution is 2.08. The molecule has 3 N–H and O–H groups in total. The van der Waals surface area contributed by atoms with E-state index < -0.39 is 23.9 Å². The monoisotopic (exact) mass is 337 g/mol. The Morgan fingerprint density at radius 2 is 1.64 bits per heavy atom. The summed E-state index contributed by atoms with van der Waals surface area (Å²) in [7, 11) is 0. The maximum absolute atomic E-state index is 11.6. The van der Waals surface area contributed by atoms with Gasteiger partial charge in [0.15, 0.2) is 5.78 Å². The van der Waals surface area contributed by atoms with Gasteiger partial charge in [-0.15, -0.1) is 12.4 Å². The summed E-state index contributed by atoms with van der Waals surface area (Å²) in [5.74, 6) is -1.81. The van der Waals surface area contributed by atoms with Crippen molar-refractivity contribution >= 4 is 30.1 Å². The number of carbonyl (C=O) groups excluding carboxylic acids is 2. The summed E-state index contributed by atoms with van der Waals surface area (Å²) in [6.45, 7) is 3.68. The molecule has 0 aliphatic carbocycles. The Morgan fingerprint density at radius 1 is 1.05 bits per heavy atom. The fraction of sp³-hybridized carbons (Fsp3) is 0.800. The Hall–Kier alpha value is -1.14. The second-order valence-corrected chi connectivity index (χ2v) is 5.25. The topological polar surface area (TPSA) is 107 Å². The van der Waals surface area contributed by atoms with Crippen LogP contribution >= 0.6 is 12.4 Å². The van der Waals surface area contributed by atoms with Crippen LogP contribution in [0.25, 0.3) is 0 Å². The van der Waals surface area contributed by atoms with Crippen molar-refractivity contribution in [3.05, 3.63) is 0 Å². The minimum absolute atomic E-state index is 0. The summed E-state index contributed by atoms with van der Waals surface area (Å²) >= 11 is 0. The number of ether oxygens (including phenoxy) is 1. The zero-order valence-electron chi connectivity index (χ0n) is 13.4. The lowest BCUT2D eigenvalue weighted by molar-refractivity contribution is -0.150. The molecule has 0 amide bonds. The molecule has 0 saturated heterocycles. The predicted octanol–water partition coefficient (Wildman–Crippen LogP) is 2.46. The van der Waals surface area contributed by atoms with Crippen molar-refractivity contribution in [2.75, 3.05) is 0 Å². The highest BCUT2D eigenvalue weighted by atomic mass is 35.5. The molecule has 7 heteroatoms. The van der Waals surface area contributed by atoms with E-state index in [0.29, 0.717) is 6.42 Å². The second kappa shape index (κ2) is 13.5. The summed E-state index contributed by atoms with van der Waals surface area (Å²) in [6, 6.07) is -0.964. The number of aliphatic carboxylic acids is 1. The van der Waals surface area contributed by atoms with E-state index in [1.807, 2.05) is 0 Å². The third kappa shape index (κ3) is 11.5. The van der Waals surface area contributed by atoms with Crippen molar-refractivity contribution in [1.29, 1.82) is 0 Å². The molecule has 22 heavy (non-hydrogen) atoms. The third-order valence-electron chi connectivity index (χ3n) is 3.26. The number of rotatable bonds is 12. The van der Waals surface area contributed by atoms with E-state index in [2.05, 4.69) is 6.92 Å². The summed E-state index contributed by atoms with van der Waals surface area (Å²) < 4.78 is 5.11. The van der Waals surface area contributed by atoms with E-state index in [4.69, 9.17) is 15.6 Å². The van der Waals surface area contributed by atoms with Crippen LogP contribution in [-0.4, -0.2) is 35.0 Å². The molecule has 0 aromatic carbocycles. The first-order valence-electron chi connectivity index (χ1n) is 7.58. The van der Waals surface area contributed by atoms with Gasteiger partial charge < -0.3 is 15.6 Å². The number of Topliss-reactive ketones (excluding diaryl/α,β-unsaturated/α-hetero) is 1. The molecular formula is C15H28ClNO5. The average molecular weight is 338 g/mol. The molecule has 0 rings (SSSR count). The molecule has 2 unspecified atom stereocenters. The molecular weight excluding hydrogens is 310 g/mol. The number of halogens is 1. The standard InChI is InChI=1S/C15H27NO5.ClH/c1-3-4-5-6-7-8-14(20)21-11(2)15(16)12(17)9-10-13(18)19;/h11,15H,3-10,16H2,1-2H3,(H,18,19);1H. The van der Waals surface area contributed by atoms with E-state index in [1.165, 1.54) is 0 Å². The van der Waals surface area contributed by atoms with Crippen LogP contribution in [-0.2, 0) is 19.1 Å². The molecule has 0 saturated carbocycles. The number of carbonyl (C=O) groups is 3. The first-order valence-corrected chi connectivity index (χ1v) is 7.58. The van der Waals surface area contributed by atoms with Crippen LogP contribution in [0.3, 0.4) is 0 Å². The molecule has 0 heterocycles. The zero-order chi connectivity index (χ0) is 16.3. The number of esters is 1. The zero-order valence-corrected chi connectivity index (χ0v) is 14.2. The first kappa shape index (κ1) is 23.1. The summed E-state index contributed by atoms with van der Waals surface area (Å²) in [5, 5.41) is 8.51. The van der Waals surface area contributed by atoms with Crippen molar-refractivity contribution in [3.8, 4) is 0 Å². The first-order chi connectivity index (χ1) is 9.88. The SMILES string of the molecule is CCCCCCCC(=O)OC(C)C(N)C(=O)CCC(=O)O.Cl. The fourth-order valence-corrected chi connectivity index (χ4v) is 1.87. The molecule has 6 nitrogen and oxygen atoms in total. The van der Waals surface area contributed by atoms with Gasteiger partial charge in [0.05, 0.1) is 6.42 Å². The van der Waals surface area contributed by atoms with Crippen molar-refractivity contribution in [1.82, 2.24) is 0 Å². The maximum Gasteiger partial charge on any atom is 0.306 e. The molecule has 0 fully saturated rings. The Morgan fingerprint density at radius 3 is 2.18 bits per heavy atom. The van der Waals surface area contributed by atoms with Crippen LogP contribution < -0.4 is 5.73 Å². The number of carboxylic acids is 1. The molecule has 130 valence electrons. The van der Waals surface area contributed by atoms with Gasteiger partial charge >= 0.3 is 11.9 Å². The van der Waals surface area contributed by atoms with Crippen LogP contribution in [0.15, 0.2) is 0 Å². The number of unbranched alkanes of at least 4 members (excludes halogenated alkanes) is 4. The number of hydrogen-bond donors (Lipinski definition) is 2. The normalized spacial score (nSPS) is 12.9. The van der Waals surface area contributed by atoms with Crippen LogP contribution in [0.2, 0.25) is 0 Å².